The van der Waals surface area contributed by atoms with E-state index in [4.69, 9.17) is 0 Å². The van der Waals surface area contributed by atoms with Gasteiger partial charge in [0.15, 0.2) is 11.6 Å². The Morgan fingerprint density at radius 2 is 2.00 bits per heavy atom. The minimum Gasteiger partial charge on any atom is -0.384 e. The molecule has 18 heavy (non-hydrogen) atoms. The van der Waals surface area contributed by atoms with Gasteiger partial charge in [-0.15, -0.1) is 0 Å². The average Bonchev–Trinajstić information content (AvgIpc) is 2.34. The van der Waals surface area contributed by atoms with Crippen LogP contribution in [0, 0.1) is 11.6 Å². The highest BCUT2D eigenvalue weighted by Crippen LogP contribution is 2.12. The Hall–Kier alpha value is -1.65. The number of carbonyl (C=O) groups is 1. The fourth-order valence-electron chi connectivity index (χ4n) is 1.42. The van der Waals surface area contributed by atoms with Crippen LogP contribution >= 0.6 is 0 Å². The number of halogens is 2. The monoisotopic (exact) mass is 256 g/mol. The molecule has 1 aromatic rings. The van der Waals surface area contributed by atoms with Gasteiger partial charge in [-0.2, -0.15) is 0 Å². The zero-order valence-corrected chi connectivity index (χ0v) is 10.4. The molecule has 1 aromatic carbocycles. The lowest BCUT2D eigenvalue weighted by molar-refractivity contribution is -0.120. The fourth-order valence-corrected chi connectivity index (χ4v) is 1.42. The van der Waals surface area contributed by atoms with E-state index in [1.54, 1.807) is 0 Å². The summed E-state index contributed by atoms with van der Waals surface area (Å²) in [6.45, 7) is 3.13. The van der Waals surface area contributed by atoms with Gasteiger partial charge in [0, 0.05) is 25.2 Å². The molecule has 0 unspecified atom stereocenters. The molecule has 1 amide bonds. The summed E-state index contributed by atoms with van der Waals surface area (Å²) in [5, 5.41) is 5.64. The highest BCUT2D eigenvalue weighted by molar-refractivity contribution is 5.76. The Morgan fingerprint density at radius 3 is 2.67 bits per heavy atom. The summed E-state index contributed by atoms with van der Waals surface area (Å²) in [5.74, 6) is -1.82. The molecule has 0 spiro atoms. The van der Waals surface area contributed by atoms with Crippen LogP contribution in [0.15, 0.2) is 18.2 Å². The summed E-state index contributed by atoms with van der Waals surface area (Å²) in [7, 11) is 0. The van der Waals surface area contributed by atoms with Crippen LogP contribution in [0.2, 0.25) is 0 Å². The first-order valence-corrected chi connectivity index (χ1v) is 6.09. The molecule has 0 atom stereocenters. The van der Waals surface area contributed by atoms with Crippen molar-refractivity contribution in [3.05, 3.63) is 29.8 Å². The van der Waals surface area contributed by atoms with Crippen molar-refractivity contribution in [2.24, 2.45) is 0 Å². The molecule has 0 aliphatic heterocycles. The van der Waals surface area contributed by atoms with Gasteiger partial charge >= 0.3 is 0 Å². The molecule has 2 N–H and O–H groups in total. The van der Waals surface area contributed by atoms with E-state index in [2.05, 4.69) is 17.6 Å². The SMILES string of the molecule is CCCCNC(=O)CCNc1ccc(F)c(F)c1. The maximum absolute atomic E-state index is 12.9. The van der Waals surface area contributed by atoms with Crippen LogP contribution in [0.1, 0.15) is 26.2 Å². The average molecular weight is 256 g/mol. The zero-order chi connectivity index (χ0) is 13.4. The van der Waals surface area contributed by atoms with Gasteiger partial charge in [0.25, 0.3) is 0 Å². The maximum Gasteiger partial charge on any atom is 0.221 e. The smallest absolute Gasteiger partial charge is 0.221 e. The highest BCUT2D eigenvalue weighted by atomic mass is 19.2. The first-order valence-electron chi connectivity index (χ1n) is 6.09. The molecule has 0 saturated carbocycles. The van der Waals surface area contributed by atoms with E-state index in [9.17, 15) is 13.6 Å². The van der Waals surface area contributed by atoms with E-state index in [1.807, 2.05) is 0 Å². The van der Waals surface area contributed by atoms with Crippen LogP contribution in [0.25, 0.3) is 0 Å². The van der Waals surface area contributed by atoms with Gasteiger partial charge in [0.1, 0.15) is 0 Å². The Bertz CT molecular complexity index is 397. The van der Waals surface area contributed by atoms with Crippen molar-refractivity contribution in [1.29, 1.82) is 0 Å². The highest BCUT2D eigenvalue weighted by Gasteiger charge is 2.03. The fraction of sp³-hybridized carbons (Fsp3) is 0.462. The normalized spacial score (nSPS) is 10.2. The van der Waals surface area contributed by atoms with Crippen LogP contribution in [-0.2, 0) is 4.79 Å². The van der Waals surface area contributed by atoms with E-state index >= 15 is 0 Å². The summed E-state index contributed by atoms with van der Waals surface area (Å²) in [6.07, 6.45) is 2.30. The summed E-state index contributed by atoms with van der Waals surface area (Å²) < 4.78 is 25.5. The number of amides is 1. The molecule has 0 aliphatic carbocycles. The van der Waals surface area contributed by atoms with Crippen molar-refractivity contribution in [2.45, 2.75) is 26.2 Å². The molecule has 3 nitrogen and oxygen atoms in total. The van der Waals surface area contributed by atoms with E-state index in [0.717, 1.165) is 25.0 Å². The predicted octanol–water partition coefficient (Wildman–Crippen LogP) is 2.68. The number of nitrogens with one attached hydrogen (secondary N) is 2. The lowest BCUT2D eigenvalue weighted by atomic mass is 10.3. The number of carbonyl (C=O) groups excluding carboxylic acids is 1. The third kappa shape index (κ3) is 5.12. The molecular weight excluding hydrogens is 238 g/mol. The topological polar surface area (TPSA) is 41.1 Å². The minimum atomic E-state index is -0.896. The lowest BCUT2D eigenvalue weighted by Crippen LogP contribution is -2.26. The van der Waals surface area contributed by atoms with Gasteiger partial charge in [-0.3, -0.25) is 4.79 Å². The third-order valence-electron chi connectivity index (χ3n) is 2.45. The molecule has 5 heteroatoms. The Labute approximate surface area is 106 Å². The number of hydrogen-bond acceptors (Lipinski definition) is 2. The third-order valence-corrected chi connectivity index (χ3v) is 2.45. The Morgan fingerprint density at radius 1 is 1.22 bits per heavy atom. The summed E-state index contributed by atoms with van der Waals surface area (Å²) >= 11 is 0. The standard InChI is InChI=1S/C13H18F2N2O/c1-2-3-7-17-13(18)6-8-16-10-4-5-11(14)12(15)9-10/h4-5,9,16H,2-3,6-8H2,1H3,(H,17,18). The first-order chi connectivity index (χ1) is 8.63. The molecule has 0 aliphatic rings. The second kappa shape index (κ2) is 7.63. The molecule has 0 bridgehead atoms. The second-order valence-corrected chi connectivity index (χ2v) is 4.01. The van der Waals surface area contributed by atoms with Crippen molar-refractivity contribution in [3.8, 4) is 0 Å². The summed E-state index contributed by atoms with van der Waals surface area (Å²) in [6, 6.07) is 3.57. The van der Waals surface area contributed by atoms with Crippen molar-refractivity contribution < 1.29 is 13.6 Å². The number of rotatable bonds is 7. The quantitative estimate of drug-likeness (QED) is 0.736. The lowest BCUT2D eigenvalue weighted by Gasteiger charge is -2.07. The van der Waals surface area contributed by atoms with Crippen LogP contribution in [0.3, 0.4) is 0 Å². The molecule has 0 saturated heterocycles. The van der Waals surface area contributed by atoms with Gasteiger partial charge in [0.05, 0.1) is 0 Å². The van der Waals surface area contributed by atoms with Gasteiger partial charge in [-0.05, 0) is 24.6 Å². The number of anilines is 1. The van der Waals surface area contributed by atoms with Crippen LogP contribution < -0.4 is 10.6 Å². The Kier molecular flexibility index (Phi) is 6.11. The van der Waals surface area contributed by atoms with Gasteiger partial charge in [0.2, 0.25) is 5.91 Å². The van der Waals surface area contributed by atoms with Gasteiger partial charge in [-0.25, -0.2) is 8.78 Å². The predicted molar refractivity (Wildman–Crippen MR) is 67.4 cm³/mol. The maximum atomic E-state index is 12.9. The van der Waals surface area contributed by atoms with Gasteiger partial charge in [-0.1, -0.05) is 13.3 Å². The van der Waals surface area contributed by atoms with E-state index in [-0.39, 0.29) is 5.91 Å². The summed E-state index contributed by atoms with van der Waals surface area (Å²) in [4.78, 5) is 11.3. The molecular formula is C13H18F2N2O. The van der Waals surface area contributed by atoms with Crippen LogP contribution in [-0.4, -0.2) is 19.0 Å². The second-order valence-electron chi connectivity index (χ2n) is 4.01. The first kappa shape index (κ1) is 14.4. The van der Waals surface area contributed by atoms with E-state index in [1.165, 1.54) is 6.07 Å². The Balaban J connectivity index is 2.24. The minimum absolute atomic E-state index is 0.0430. The molecule has 0 aromatic heterocycles. The number of unbranched alkanes of at least 4 members (excludes halogenated alkanes) is 1. The van der Waals surface area contributed by atoms with E-state index < -0.39 is 11.6 Å². The molecule has 0 heterocycles. The number of benzene rings is 1. The van der Waals surface area contributed by atoms with Crippen molar-refractivity contribution in [3.63, 3.8) is 0 Å². The molecule has 100 valence electrons. The zero-order valence-electron chi connectivity index (χ0n) is 10.4. The van der Waals surface area contributed by atoms with Crippen molar-refractivity contribution in [2.75, 3.05) is 18.4 Å². The van der Waals surface area contributed by atoms with Crippen molar-refractivity contribution in [1.82, 2.24) is 5.32 Å². The molecule has 0 radical (unpaired) electrons. The van der Waals surface area contributed by atoms with Crippen LogP contribution in [0.5, 0.6) is 0 Å². The van der Waals surface area contributed by atoms with Crippen LogP contribution in [0.4, 0.5) is 14.5 Å². The largest absolute Gasteiger partial charge is 0.384 e. The van der Waals surface area contributed by atoms with E-state index in [0.29, 0.717) is 25.2 Å². The molecule has 0 fully saturated rings. The van der Waals surface area contributed by atoms with Crippen molar-refractivity contribution >= 4 is 11.6 Å². The summed E-state index contributed by atoms with van der Waals surface area (Å²) in [5.41, 5.74) is 0.468. The number of hydrogen-bond donors (Lipinski definition) is 2. The van der Waals surface area contributed by atoms with Gasteiger partial charge < -0.3 is 10.6 Å². The molecule has 1 rings (SSSR count).